The van der Waals surface area contributed by atoms with E-state index in [2.05, 4.69) is 31.5 Å². The third-order valence-corrected chi connectivity index (χ3v) is 3.17. The number of carbonyl (C=O) groups excluding carboxylic acids is 2. The van der Waals surface area contributed by atoms with Crippen LogP contribution in [0.15, 0.2) is 47.2 Å². The summed E-state index contributed by atoms with van der Waals surface area (Å²) in [7, 11) is 0. The molecule has 0 fully saturated rings. The van der Waals surface area contributed by atoms with E-state index in [0.717, 1.165) is 0 Å². The fourth-order valence-electron chi connectivity index (χ4n) is 1.58. The van der Waals surface area contributed by atoms with Gasteiger partial charge in [0.15, 0.2) is 5.78 Å². The van der Waals surface area contributed by atoms with Crippen molar-refractivity contribution in [1.82, 2.24) is 4.98 Å². The van der Waals surface area contributed by atoms with Gasteiger partial charge in [-0.1, -0.05) is 12.1 Å². The largest absolute Gasteiger partial charge is 0.323 e. The Morgan fingerprint density at radius 1 is 1.15 bits per heavy atom. The molecule has 0 radical (unpaired) electrons. The number of ketones is 1. The van der Waals surface area contributed by atoms with E-state index in [0.29, 0.717) is 21.5 Å². The van der Waals surface area contributed by atoms with Gasteiger partial charge < -0.3 is 10.6 Å². The first-order chi connectivity index (χ1) is 9.56. The second-order valence-electron chi connectivity index (χ2n) is 4.06. The lowest BCUT2D eigenvalue weighted by atomic mass is 10.1. The Morgan fingerprint density at radius 2 is 1.95 bits per heavy atom. The van der Waals surface area contributed by atoms with Crippen molar-refractivity contribution >= 4 is 39.1 Å². The van der Waals surface area contributed by atoms with Crippen LogP contribution in [0.4, 0.5) is 16.2 Å². The van der Waals surface area contributed by atoms with Crippen LogP contribution in [0.3, 0.4) is 0 Å². The van der Waals surface area contributed by atoms with E-state index < -0.39 is 6.03 Å². The van der Waals surface area contributed by atoms with Gasteiger partial charge in [0.1, 0.15) is 4.60 Å². The Balaban J connectivity index is 2.07. The lowest BCUT2D eigenvalue weighted by Crippen LogP contribution is -2.20. The van der Waals surface area contributed by atoms with Gasteiger partial charge >= 0.3 is 6.03 Å². The Kier molecular flexibility index (Phi) is 4.47. The highest BCUT2D eigenvalue weighted by Gasteiger charge is 2.07. The molecule has 0 aliphatic carbocycles. The number of Topliss-reactive ketones (excluding diaryl/α,β-unsaturated/α-hetero) is 1. The van der Waals surface area contributed by atoms with Crippen LogP contribution in [0.2, 0.25) is 0 Å². The molecule has 0 saturated carbocycles. The molecule has 1 heterocycles. The summed E-state index contributed by atoms with van der Waals surface area (Å²) in [4.78, 5) is 27.1. The van der Waals surface area contributed by atoms with Crippen LogP contribution in [0.1, 0.15) is 17.3 Å². The molecule has 0 bridgehead atoms. The van der Waals surface area contributed by atoms with Crippen LogP contribution in [-0.2, 0) is 0 Å². The standard InChI is InChI=1S/C14H12BrN3O2/c1-9(19)10-4-2-5-11(8-10)17-14(20)18-12-6-3-7-16-13(12)15/h2-8H,1H3,(H2,17,18,20). The lowest BCUT2D eigenvalue weighted by Gasteiger charge is -2.09. The molecule has 102 valence electrons. The molecule has 2 aromatic rings. The van der Waals surface area contributed by atoms with E-state index in [1.807, 2.05) is 0 Å². The summed E-state index contributed by atoms with van der Waals surface area (Å²) < 4.78 is 0.549. The van der Waals surface area contributed by atoms with Gasteiger partial charge in [0.25, 0.3) is 0 Å². The maximum Gasteiger partial charge on any atom is 0.323 e. The zero-order valence-electron chi connectivity index (χ0n) is 10.7. The summed E-state index contributed by atoms with van der Waals surface area (Å²) in [6.45, 7) is 1.48. The van der Waals surface area contributed by atoms with Gasteiger partial charge in [0.2, 0.25) is 0 Å². The van der Waals surface area contributed by atoms with Crippen molar-refractivity contribution in [2.75, 3.05) is 10.6 Å². The highest BCUT2D eigenvalue weighted by atomic mass is 79.9. The van der Waals surface area contributed by atoms with Crippen molar-refractivity contribution < 1.29 is 9.59 Å². The van der Waals surface area contributed by atoms with E-state index in [4.69, 9.17) is 0 Å². The molecular weight excluding hydrogens is 322 g/mol. The summed E-state index contributed by atoms with van der Waals surface area (Å²) in [6.07, 6.45) is 1.61. The molecule has 0 atom stereocenters. The molecule has 2 N–H and O–H groups in total. The van der Waals surface area contributed by atoms with Crippen LogP contribution < -0.4 is 10.6 Å². The number of pyridine rings is 1. The van der Waals surface area contributed by atoms with E-state index in [-0.39, 0.29) is 5.78 Å². The first kappa shape index (κ1) is 14.2. The van der Waals surface area contributed by atoms with Gasteiger partial charge in [-0.05, 0) is 47.1 Å². The number of nitrogens with zero attached hydrogens (tertiary/aromatic N) is 1. The minimum atomic E-state index is -0.403. The van der Waals surface area contributed by atoms with Gasteiger partial charge in [0.05, 0.1) is 5.69 Å². The number of nitrogens with one attached hydrogen (secondary N) is 2. The molecule has 2 amide bonds. The van der Waals surface area contributed by atoms with Crippen molar-refractivity contribution in [3.63, 3.8) is 0 Å². The predicted octanol–water partition coefficient (Wildman–Crippen LogP) is 3.69. The molecular formula is C14H12BrN3O2. The minimum absolute atomic E-state index is 0.0518. The zero-order chi connectivity index (χ0) is 14.5. The quantitative estimate of drug-likeness (QED) is 0.664. The first-order valence-electron chi connectivity index (χ1n) is 5.86. The topological polar surface area (TPSA) is 71.1 Å². The van der Waals surface area contributed by atoms with Crippen molar-refractivity contribution in [2.45, 2.75) is 6.92 Å². The average molecular weight is 334 g/mol. The van der Waals surface area contributed by atoms with Crippen molar-refractivity contribution in [3.05, 3.63) is 52.8 Å². The number of urea groups is 1. The molecule has 0 spiro atoms. The fourth-order valence-corrected chi connectivity index (χ4v) is 1.93. The number of benzene rings is 1. The minimum Gasteiger partial charge on any atom is -0.308 e. The Bertz CT molecular complexity index is 658. The Hall–Kier alpha value is -2.21. The molecule has 1 aromatic heterocycles. The summed E-state index contributed by atoms with van der Waals surface area (Å²) in [5.41, 5.74) is 1.66. The molecule has 20 heavy (non-hydrogen) atoms. The molecule has 6 heteroatoms. The lowest BCUT2D eigenvalue weighted by molar-refractivity contribution is 0.101. The second-order valence-corrected chi connectivity index (χ2v) is 4.81. The summed E-state index contributed by atoms with van der Waals surface area (Å²) in [6, 6.07) is 9.79. The van der Waals surface area contributed by atoms with Crippen LogP contribution in [-0.4, -0.2) is 16.8 Å². The second kappa shape index (κ2) is 6.29. The number of aromatic nitrogens is 1. The van der Waals surface area contributed by atoms with E-state index in [1.54, 1.807) is 42.6 Å². The van der Waals surface area contributed by atoms with Gasteiger partial charge in [-0.2, -0.15) is 0 Å². The Labute approximate surface area is 124 Å². The fraction of sp³-hybridized carbons (Fsp3) is 0.0714. The van der Waals surface area contributed by atoms with Crippen LogP contribution in [0.5, 0.6) is 0 Å². The van der Waals surface area contributed by atoms with E-state index in [1.165, 1.54) is 6.92 Å². The number of amides is 2. The summed E-state index contributed by atoms with van der Waals surface area (Å²) in [5.74, 6) is -0.0518. The highest BCUT2D eigenvalue weighted by molar-refractivity contribution is 9.10. The predicted molar refractivity (Wildman–Crippen MR) is 81.0 cm³/mol. The normalized spacial score (nSPS) is 9.90. The number of carbonyl (C=O) groups is 2. The van der Waals surface area contributed by atoms with Gasteiger partial charge in [-0.25, -0.2) is 9.78 Å². The summed E-state index contributed by atoms with van der Waals surface area (Å²) in [5, 5.41) is 5.33. The molecule has 0 aliphatic rings. The number of hydrogen-bond acceptors (Lipinski definition) is 3. The number of hydrogen-bond donors (Lipinski definition) is 2. The van der Waals surface area contributed by atoms with Gasteiger partial charge in [0, 0.05) is 17.4 Å². The van der Waals surface area contributed by atoms with E-state index >= 15 is 0 Å². The average Bonchev–Trinajstić information content (AvgIpc) is 2.41. The number of halogens is 1. The smallest absolute Gasteiger partial charge is 0.308 e. The van der Waals surface area contributed by atoms with Gasteiger partial charge in [-0.15, -0.1) is 0 Å². The zero-order valence-corrected chi connectivity index (χ0v) is 12.3. The maximum absolute atomic E-state index is 11.9. The first-order valence-corrected chi connectivity index (χ1v) is 6.65. The van der Waals surface area contributed by atoms with Crippen LogP contribution >= 0.6 is 15.9 Å². The SMILES string of the molecule is CC(=O)c1cccc(NC(=O)Nc2cccnc2Br)c1. The van der Waals surface area contributed by atoms with E-state index in [9.17, 15) is 9.59 Å². The highest BCUT2D eigenvalue weighted by Crippen LogP contribution is 2.19. The van der Waals surface area contributed by atoms with Gasteiger partial charge in [-0.3, -0.25) is 4.79 Å². The third kappa shape index (κ3) is 3.64. The Morgan fingerprint density at radius 3 is 2.65 bits per heavy atom. The summed E-state index contributed by atoms with van der Waals surface area (Å²) >= 11 is 3.24. The van der Waals surface area contributed by atoms with Crippen molar-refractivity contribution in [2.24, 2.45) is 0 Å². The van der Waals surface area contributed by atoms with Crippen molar-refractivity contribution in [3.8, 4) is 0 Å². The molecule has 1 aromatic carbocycles. The third-order valence-electron chi connectivity index (χ3n) is 2.53. The monoisotopic (exact) mass is 333 g/mol. The molecule has 2 rings (SSSR count). The molecule has 0 saturated heterocycles. The van der Waals surface area contributed by atoms with Crippen LogP contribution in [0, 0.1) is 0 Å². The van der Waals surface area contributed by atoms with Crippen LogP contribution in [0.25, 0.3) is 0 Å². The number of rotatable bonds is 3. The molecule has 0 unspecified atom stereocenters. The molecule has 0 aliphatic heterocycles. The molecule has 5 nitrogen and oxygen atoms in total. The maximum atomic E-state index is 11.9. The van der Waals surface area contributed by atoms with Crippen molar-refractivity contribution in [1.29, 1.82) is 0 Å². The number of anilines is 2.